The van der Waals surface area contributed by atoms with Gasteiger partial charge in [0, 0.05) is 12.1 Å². The minimum absolute atomic E-state index is 0.146. The average molecular weight is 455 g/mol. The molecule has 2 amide bonds. The Kier molecular flexibility index (Phi) is 9.32. The van der Waals surface area contributed by atoms with E-state index < -0.39 is 11.6 Å². The number of ether oxygens (including phenoxy) is 2. The molecule has 0 aliphatic rings. The molecule has 0 fully saturated rings. The van der Waals surface area contributed by atoms with Crippen LogP contribution in [0, 0.1) is 0 Å². The fraction of sp³-hybridized carbons (Fsp3) is 0.481. The molecule has 0 saturated heterocycles. The van der Waals surface area contributed by atoms with Crippen molar-refractivity contribution in [2.24, 2.45) is 0 Å². The Labute approximate surface area is 198 Å². The Morgan fingerprint density at radius 1 is 1.06 bits per heavy atom. The van der Waals surface area contributed by atoms with Crippen molar-refractivity contribution in [1.29, 1.82) is 0 Å². The Bertz CT molecular complexity index is 934. The molecule has 1 atom stereocenters. The van der Waals surface area contributed by atoms with Crippen molar-refractivity contribution in [3.8, 4) is 11.5 Å². The number of hydrogen-bond donors (Lipinski definition) is 1. The molecule has 0 saturated carbocycles. The Hall–Kier alpha value is -3.02. The molecule has 180 valence electrons. The standard InChI is InChI=1S/C27H38N2O4/c1-8-23(26(31)28-27(4,5)6)29(17-20-12-11-13-21(16-20)32-7)25(30)18-33-24-15-10-9-14-22(24)19(2)3/h9-16,19,23H,8,17-18H2,1-7H3,(H,28,31)/t23-/m0/s1. The Morgan fingerprint density at radius 2 is 1.76 bits per heavy atom. The van der Waals surface area contributed by atoms with E-state index in [4.69, 9.17) is 9.47 Å². The fourth-order valence-electron chi connectivity index (χ4n) is 3.65. The van der Waals surface area contributed by atoms with Crippen molar-refractivity contribution < 1.29 is 19.1 Å². The van der Waals surface area contributed by atoms with Gasteiger partial charge in [-0.05, 0) is 62.4 Å². The summed E-state index contributed by atoms with van der Waals surface area (Å²) in [7, 11) is 1.60. The summed E-state index contributed by atoms with van der Waals surface area (Å²) < 4.78 is 11.3. The smallest absolute Gasteiger partial charge is 0.261 e. The summed E-state index contributed by atoms with van der Waals surface area (Å²) in [6.45, 7) is 12.0. The van der Waals surface area contributed by atoms with Gasteiger partial charge in [0.15, 0.2) is 6.61 Å². The molecule has 0 aromatic heterocycles. The molecule has 0 aliphatic heterocycles. The molecule has 0 bridgehead atoms. The van der Waals surface area contributed by atoms with E-state index in [1.54, 1.807) is 12.0 Å². The van der Waals surface area contributed by atoms with Gasteiger partial charge >= 0.3 is 0 Å². The molecule has 0 radical (unpaired) electrons. The van der Waals surface area contributed by atoms with Crippen LogP contribution in [0.4, 0.5) is 0 Å². The highest BCUT2D eigenvalue weighted by atomic mass is 16.5. The molecule has 6 heteroatoms. The van der Waals surface area contributed by atoms with Crippen molar-refractivity contribution in [2.75, 3.05) is 13.7 Å². The normalized spacial score (nSPS) is 12.2. The van der Waals surface area contributed by atoms with Gasteiger partial charge in [-0.25, -0.2) is 0 Å². The first-order valence-electron chi connectivity index (χ1n) is 11.5. The third-order valence-electron chi connectivity index (χ3n) is 5.26. The molecule has 33 heavy (non-hydrogen) atoms. The van der Waals surface area contributed by atoms with Crippen LogP contribution in [-0.2, 0) is 16.1 Å². The molecule has 2 rings (SSSR count). The molecule has 0 unspecified atom stereocenters. The van der Waals surface area contributed by atoms with Crippen molar-refractivity contribution in [2.45, 2.75) is 72.0 Å². The van der Waals surface area contributed by atoms with Crippen molar-refractivity contribution in [3.05, 3.63) is 59.7 Å². The summed E-state index contributed by atoms with van der Waals surface area (Å²) in [5.41, 5.74) is 1.52. The maximum atomic E-state index is 13.4. The van der Waals surface area contributed by atoms with E-state index in [0.29, 0.717) is 17.9 Å². The lowest BCUT2D eigenvalue weighted by Gasteiger charge is -2.33. The van der Waals surface area contributed by atoms with Crippen LogP contribution in [0.1, 0.15) is 65.0 Å². The first-order valence-corrected chi connectivity index (χ1v) is 11.5. The fourth-order valence-corrected chi connectivity index (χ4v) is 3.65. The van der Waals surface area contributed by atoms with Gasteiger partial charge in [-0.2, -0.15) is 0 Å². The summed E-state index contributed by atoms with van der Waals surface area (Å²) in [5.74, 6) is 1.24. The predicted octanol–water partition coefficient (Wildman–Crippen LogP) is 4.92. The van der Waals surface area contributed by atoms with E-state index in [1.165, 1.54) is 0 Å². The number of para-hydroxylation sites is 1. The lowest BCUT2D eigenvalue weighted by atomic mass is 10.0. The second-order valence-electron chi connectivity index (χ2n) is 9.52. The lowest BCUT2D eigenvalue weighted by molar-refractivity contribution is -0.143. The molecule has 2 aromatic rings. The van der Waals surface area contributed by atoms with E-state index in [2.05, 4.69) is 19.2 Å². The number of rotatable bonds is 10. The lowest BCUT2D eigenvalue weighted by Crippen LogP contribution is -2.54. The molecule has 6 nitrogen and oxygen atoms in total. The van der Waals surface area contributed by atoms with Gasteiger partial charge < -0.3 is 19.7 Å². The van der Waals surface area contributed by atoms with Crippen LogP contribution >= 0.6 is 0 Å². The van der Waals surface area contributed by atoms with Crippen LogP contribution in [0.5, 0.6) is 11.5 Å². The van der Waals surface area contributed by atoms with Gasteiger partial charge in [0.2, 0.25) is 5.91 Å². The average Bonchev–Trinajstić information content (AvgIpc) is 2.76. The zero-order valence-corrected chi connectivity index (χ0v) is 21.0. The highest BCUT2D eigenvalue weighted by Crippen LogP contribution is 2.26. The molecule has 1 N–H and O–H groups in total. The van der Waals surface area contributed by atoms with Crippen LogP contribution in [0.2, 0.25) is 0 Å². The Balaban J connectivity index is 2.30. The summed E-state index contributed by atoms with van der Waals surface area (Å²) in [6, 6.07) is 14.6. The zero-order valence-electron chi connectivity index (χ0n) is 21.0. The second kappa shape index (κ2) is 11.7. The molecular weight excluding hydrogens is 416 g/mol. The van der Waals surface area contributed by atoms with Crippen molar-refractivity contribution in [1.82, 2.24) is 10.2 Å². The number of hydrogen-bond acceptors (Lipinski definition) is 4. The summed E-state index contributed by atoms with van der Waals surface area (Å²) in [4.78, 5) is 28.1. The van der Waals surface area contributed by atoms with Crippen LogP contribution in [0.25, 0.3) is 0 Å². The van der Waals surface area contributed by atoms with Gasteiger partial charge in [0.05, 0.1) is 7.11 Å². The third kappa shape index (κ3) is 7.81. The number of nitrogens with one attached hydrogen (secondary N) is 1. The van der Waals surface area contributed by atoms with Crippen LogP contribution in [0.3, 0.4) is 0 Å². The maximum Gasteiger partial charge on any atom is 0.261 e. The van der Waals surface area contributed by atoms with Gasteiger partial charge in [-0.1, -0.05) is 51.1 Å². The highest BCUT2D eigenvalue weighted by molar-refractivity contribution is 5.88. The van der Waals surface area contributed by atoms with Crippen LogP contribution in [-0.4, -0.2) is 42.0 Å². The van der Waals surface area contributed by atoms with Gasteiger partial charge in [0.25, 0.3) is 5.91 Å². The number of nitrogens with zero attached hydrogens (tertiary/aromatic N) is 1. The summed E-state index contributed by atoms with van der Waals surface area (Å²) in [6.07, 6.45) is 0.486. The van der Waals surface area contributed by atoms with E-state index in [0.717, 1.165) is 11.1 Å². The predicted molar refractivity (Wildman–Crippen MR) is 132 cm³/mol. The van der Waals surface area contributed by atoms with E-state index in [-0.39, 0.29) is 30.9 Å². The molecule has 0 spiro atoms. The van der Waals surface area contributed by atoms with Gasteiger partial charge in [0.1, 0.15) is 17.5 Å². The van der Waals surface area contributed by atoms with Crippen LogP contribution < -0.4 is 14.8 Å². The SMILES string of the molecule is CC[C@@H](C(=O)NC(C)(C)C)N(Cc1cccc(OC)c1)C(=O)COc1ccccc1C(C)C. The van der Waals surface area contributed by atoms with Crippen LogP contribution in [0.15, 0.2) is 48.5 Å². The molecule has 0 aliphatic carbocycles. The zero-order chi connectivity index (χ0) is 24.6. The van der Waals surface area contributed by atoms with Gasteiger partial charge in [-0.15, -0.1) is 0 Å². The largest absolute Gasteiger partial charge is 0.497 e. The summed E-state index contributed by atoms with van der Waals surface area (Å²) >= 11 is 0. The van der Waals surface area contributed by atoms with Crippen molar-refractivity contribution >= 4 is 11.8 Å². The first kappa shape index (κ1) is 26.2. The maximum absolute atomic E-state index is 13.4. The molecule has 2 aromatic carbocycles. The van der Waals surface area contributed by atoms with E-state index in [9.17, 15) is 9.59 Å². The summed E-state index contributed by atoms with van der Waals surface area (Å²) in [5, 5.41) is 3.01. The first-order chi connectivity index (χ1) is 15.6. The Morgan fingerprint density at radius 3 is 2.36 bits per heavy atom. The molecule has 0 heterocycles. The second-order valence-corrected chi connectivity index (χ2v) is 9.52. The minimum Gasteiger partial charge on any atom is -0.497 e. The number of methoxy groups -OCH3 is 1. The number of amides is 2. The minimum atomic E-state index is -0.619. The quantitative estimate of drug-likeness (QED) is 0.553. The number of carbonyl (C=O) groups is 2. The molecular formula is C27H38N2O4. The van der Waals surface area contributed by atoms with E-state index >= 15 is 0 Å². The topological polar surface area (TPSA) is 67.9 Å². The number of benzene rings is 2. The highest BCUT2D eigenvalue weighted by Gasteiger charge is 2.31. The monoisotopic (exact) mass is 454 g/mol. The third-order valence-corrected chi connectivity index (χ3v) is 5.26. The van der Waals surface area contributed by atoms with E-state index in [1.807, 2.05) is 76.2 Å². The van der Waals surface area contributed by atoms with Crippen molar-refractivity contribution in [3.63, 3.8) is 0 Å². The van der Waals surface area contributed by atoms with Gasteiger partial charge in [-0.3, -0.25) is 9.59 Å². The number of carbonyl (C=O) groups excluding carboxylic acids is 2.